The summed E-state index contributed by atoms with van der Waals surface area (Å²) in [4.78, 5) is 37.2. The third kappa shape index (κ3) is 2.77. The fourth-order valence-electron chi connectivity index (χ4n) is 4.95. The highest BCUT2D eigenvalue weighted by molar-refractivity contribution is 5.91. The summed E-state index contributed by atoms with van der Waals surface area (Å²) in [5.41, 5.74) is -1.54. The summed E-state index contributed by atoms with van der Waals surface area (Å²) in [7, 11) is 0. The van der Waals surface area contributed by atoms with Gasteiger partial charge in [0.15, 0.2) is 17.8 Å². The van der Waals surface area contributed by atoms with E-state index in [1.165, 1.54) is 6.92 Å². The van der Waals surface area contributed by atoms with Gasteiger partial charge in [-0.05, 0) is 32.8 Å². The van der Waals surface area contributed by atoms with Crippen LogP contribution in [0.5, 0.6) is 0 Å². The lowest BCUT2D eigenvalue weighted by atomic mass is 9.77. The molecule has 0 aromatic heterocycles. The Balaban J connectivity index is 1.82. The van der Waals surface area contributed by atoms with Crippen molar-refractivity contribution >= 4 is 17.9 Å². The molecule has 8 heteroatoms. The van der Waals surface area contributed by atoms with Gasteiger partial charge in [0.25, 0.3) is 0 Å². The molecule has 4 aliphatic rings. The smallest absolute Gasteiger partial charge is 0.341 e. The lowest BCUT2D eigenvalue weighted by Crippen LogP contribution is -2.46. The number of carbonyl (C=O) groups excluding carboxylic acids is 3. The van der Waals surface area contributed by atoms with E-state index in [1.54, 1.807) is 13.8 Å². The van der Waals surface area contributed by atoms with Crippen molar-refractivity contribution in [2.24, 2.45) is 11.8 Å². The summed E-state index contributed by atoms with van der Waals surface area (Å²) in [6.07, 6.45) is -1.44. The molecule has 162 valence electrons. The molecule has 2 aliphatic carbocycles. The second kappa shape index (κ2) is 6.52. The standard InChI is InChI=1S/C22H26O8/c1-9-7-8-22(26)11(3)16(27-13(5)23)18(29-20(25)21(6)12(4)30-21)14-10(2)19(24)28-17(14)15(9)22/h7,12,14-18,26H,2-3,8H2,1,4-6H3/t12-,14-,15+,16+,17-,18+,21-,22+/m0/s1. The van der Waals surface area contributed by atoms with Gasteiger partial charge in [0, 0.05) is 12.5 Å². The van der Waals surface area contributed by atoms with Crippen LogP contribution < -0.4 is 0 Å². The summed E-state index contributed by atoms with van der Waals surface area (Å²) >= 11 is 0. The molecule has 0 amide bonds. The van der Waals surface area contributed by atoms with Crippen LogP contribution in [-0.2, 0) is 33.3 Å². The first kappa shape index (κ1) is 20.8. The van der Waals surface area contributed by atoms with Gasteiger partial charge in [-0.25, -0.2) is 9.59 Å². The van der Waals surface area contributed by atoms with E-state index in [0.717, 1.165) is 5.57 Å². The Morgan fingerprint density at radius 3 is 2.50 bits per heavy atom. The minimum atomic E-state index is -1.52. The van der Waals surface area contributed by atoms with Crippen molar-refractivity contribution in [2.45, 2.75) is 69.7 Å². The van der Waals surface area contributed by atoms with Crippen LogP contribution >= 0.6 is 0 Å². The lowest BCUT2D eigenvalue weighted by Gasteiger charge is -2.36. The summed E-state index contributed by atoms with van der Waals surface area (Å²) in [6.45, 7) is 14.3. The molecule has 0 aromatic carbocycles. The molecule has 1 N–H and O–H groups in total. The molecule has 3 fully saturated rings. The Morgan fingerprint density at radius 2 is 1.93 bits per heavy atom. The number of hydrogen-bond acceptors (Lipinski definition) is 8. The van der Waals surface area contributed by atoms with Gasteiger partial charge in [0.1, 0.15) is 11.7 Å². The molecule has 2 aliphatic heterocycles. The van der Waals surface area contributed by atoms with Crippen LogP contribution in [0.3, 0.4) is 0 Å². The topological polar surface area (TPSA) is 112 Å². The molecule has 30 heavy (non-hydrogen) atoms. The maximum Gasteiger partial charge on any atom is 0.341 e. The maximum absolute atomic E-state index is 12.9. The molecule has 0 spiro atoms. The van der Waals surface area contributed by atoms with Crippen molar-refractivity contribution in [2.75, 3.05) is 0 Å². The van der Waals surface area contributed by atoms with E-state index in [2.05, 4.69) is 13.2 Å². The first-order valence-corrected chi connectivity index (χ1v) is 9.96. The van der Waals surface area contributed by atoms with E-state index in [1.807, 2.05) is 13.0 Å². The molecule has 0 bridgehead atoms. The molecule has 8 atom stereocenters. The Bertz CT molecular complexity index is 903. The Kier molecular flexibility index (Phi) is 4.52. The monoisotopic (exact) mass is 418 g/mol. The van der Waals surface area contributed by atoms with Gasteiger partial charge < -0.3 is 24.1 Å². The van der Waals surface area contributed by atoms with E-state index in [0.29, 0.717) is 0 Å². The molecule has 8 nitrogen and oxygen atoms in total. The van der Waals surface area contributed by atoms with Gasteiger partial charge in [-0.1, -0.05) is 24.8 Å². The second-order valence-electron chi connectivity index (χ2n) is 8.77. The fraction of sp³-hybridized carbons (Fsp3) is 0.591. The maximum atomic E-state index is 12.9. The van der Waals surface area contributed by atoms with Gasteiger partial charge >= 0.3 is 17.9 Å². The number of ether oxygens (including phenoxy) is 4. The van der Waals surface area contributed by atoms with Crippen molar-refractivity contribution in [3.8, 4) is 0 Å². The lowest BCUT2D eigenvalue weighted by molar-refractivity contribution is -0.172. The van der Waals surface area contributed by atoms with E-state index >= 15 is 0 Å². The van der Waals surface area contributed by atoms with E-state index in [-0.39, 0.29) is 23.7 Å². The molecule has 0 unspecified atom stereocenters. The van der Waals surface area contributed by atoms with Crippen molar-refractivity contribution in [1.29, 1.82) is 0 Å². The van der Waals surface area contributed by atoms with Crippen LogP contribution in [0.25, 0.3) is 0 Å². The number of rotatable bonds is 3. The Hall–Kier alpha value is -2.45. The third-order valence-corrected chi connectivity index (χ3v) is 6.96. The number of carbonyl (C=O) groups is 3. The highest BCUT2D eigenvalue weighted by Gasteiger charge is 2.65. The van der Waals surface area contributed by atoms with Gasteiger partial charge in [-0.2, -0.15) is 0 Å². The predicted molar refractivity (Wildman–Crippen MR) is 103 cm³/mol. The van der Waals surface area contributed by atoms with Crippen molar-refractivity contribution in [1.82, 2.24) is 0 Å². The number of esters is 3. The van der Waals surface area contributed by atoms with Gasteiger partial charge in [0.05, 0.1) is 17.9 Å². The average Bonchev–Trinajstić information content (AvgIpc) is 3.05. The quantitative estimate of drug-likeness (QED) is 0.241. The number of epoxide rings is 1. The first-order chi connectivity index (χ1) is 13.9. The second-order valence-corrected chi connectivity index (χ2v) is 8.77. The normalized spacial score (nSPS) is 44.4. The summed E-state index contributed by atoms with van der Waals surface area (Å²) in [6, 6.07) is 0. The van der Waals surface area contributed by atoms with Crippen LogP contribution in [0.15, 0.2) is 36.0 Å². The number of aliphatic hydroxyl groups is 1. The van der Waals surface area contributed by atoms with Gasteiger partial charge in [-0.15, -0.1) is 0 Å². The van der Waals surface area contributed by atoms with Crippen LogP contribution in [0, 0.1) is 11.8 Å². The van der Waals surface area contributed by atoms with E-state index in [9.17, 15) is 19.5 Å². The molecule has 2 heterocycles. The predicted octanol–water partition coefficient (Wildman–Crippen LogP) is 1.37. The summed E-state index contributed by atoms with van der Waals surface area (Å²) in [5, 5.41) is 11.6. The first-order valence-electron chi connectivity index (χ1n) is 9.96. The summed E-state index contributed by atoms with van der Waals surface area (Å²) < 4.78 is 22.3. The van der Waals surface area contributed by atoms with Crippen molar-refractivity contribution in [3.63, 3.8) is 0 Å². The largest absolute Gasteiger partial charge is 0.457 e. The molecule has 2 saturated heterocycles. The molecule has 0 radical (unpaired) electrons. The zero-order valence-corrected chi connectivity index (χ0v) is 17.5. The van der Waals surface area contributed by atoms with Crippen LogP contribution in [0.1, 0.15) is 34.1 Å². The van der Waals surface area contributed by atoms with Crippen LogP contribution in [-0.4, -0.2) is 58.6 Å². The summed E-state index contributed by atoms with van der Waals surface area (Å²) in [5.74, 6) is -3.36. The van der Waals surface area contributed by atoms with Crippen LogP contribution in [0.2, 0.25) is 0 Å². The minimum Gasteiger partial charge on any atom is -0.457 e. The van der Waals surface area contributed by atoms with Gasteiger partial charge in [-0.3, -0.25) is 4.79 Å². The molecular formula is C22H26O8. The molecule has 4 rings (SSSR count). The van der Waals surface area contributed by atoms with Crippen molar-refractivity contribution in [3.05, 3.63) is 36.0 Å². The van der Waals surface area contributed by atoms with E-state index < -0.39 is 59.3 Å². The zero-order chi connectivity index (χ0) is 22.2. The average molecular weight is 418 g/mol. The van der Waals surface area contributed by atoms with Crippen LogP contribution in [0.4, 0.5) is 0 Å². The third-order valence-electron chi connectivity index (χ3n) is 6.96. The molecule has 0 aromatic rings. The number of hydrogen-bond donors (Lipinski definition) is 1. The Labute approximate surface area is 174 Å². The SMILES string of the molecule is C=C1C(=O)O[C@H]2[C@H]1[C@@H](OC(=O)[C@@]1(C)O[C@H]1C)[C@H](OC(C)=O)C(=C)[C@]1(O)CC=C(C)[C@H]21. The highest BCUT2D eigenvalue weighted by Crippen LogP contribution is 2.54. The van der Waals surface area contributed by atoms with Gasteiger partial charge in [0.2, 0.25) is 0 Å². The molecular weight excluding hydrogens is 392 g/mol. The zero-order valence-electron chi connectivity index (χ0n) is 17.5. The highest BCUT2D eigenvalue weighted by atomic mass is 16.7. The molecule has 1 saturated carbocycles. The number of fused-ring (bicyclic) bond motifs is 3. The van der Waals surface area contributed by atoms with E-state index in [4.69, 9.17) is 18.9 Å². The van der Waals surface area contributed by atoms with Crippen molar-refractivity contribution < 1.29 is 38.4 Å². The minimum absolute atomic E-state index is 0.0987. The fourth-order valence-corrected chi connectivity index (χ4v) is 4.95. The Morgan fingerprint density at radius 1 is 1.30 bits per heavy atom.